The molecule has 1 atom stereocenters. The zero-order chi connectivity index (χ0) is 11.7. The van der Waals surface area contributed by atoms with Gasteiger partial charge in [-0.2, -0.15) is 0 Å². The van der Waals surface area contributed by atoms with Crippen molar-refractivity contribution in [3.05, 3.63) is 29.3 Å². The van der Waals surface area contributed by atoms with Crippen molar-refractivity contribution >= 4 is 24.5 Å². The van der Waals surface area contributed by atoms with E-state index in [1.54, 1.807) is 6.07 Å². The zero-order valence-corrected chi connectivity index (χ0v) is 9.36. The molecule has 17 heavy (non-hydrogen) atoms. The first-order chi connectivity index (χ1) is 7.58. The molecular formula is C10H10ClNO5. The summed E-state index contributed by atoms with van der Waals surface area (Å²) in [6.45, 7) is 0.155. The van der Waals surface area contributed by atoms with Crippen molar-refractivity contribution in [2.45, 2.75) is 6.04 Å². The maximum Gasteiger partial charge on any atom is 0.407 e. The van der Waals surface area contributed by atoms with E-state index in [9.17, 15) is 14.7 Å². The number of rotatable bonds is 2. The van der Waals surface area contributed by atoms with E-state index in [4.69, 9.17) is 9.84 Å². The van der Waals surface area contributed by atoms with Crippen molar-refractivity contribution in [1.82, 2.24) is 5.32 Å². The lowest BCUT2D eigenvalue weighted by Crippen LogP contribution is -2.18. The molecular weight excluding hydrogens is 250 g/mol. The van der Waals surface area contributed by atoms with Gasteiger partial charge in [-0.05, 0) is 17.7 Å². The Kier molecular flexibility index (Phi) is 3.80. The Morgan fingerprint density at radius 2 is 2.18 bits per heavy atom. The molecule has 1 heterocycles. The highest BCUT2D eigenvalue weighted by atomic mass is 35.5. The van der Waals surface area contributed by atoms with Crippen LogP contribution in [0, 0.1) is 0 Å². The highest BCUT2D eigenvalue weighted by Gasteiger charge is 2.25. The number of halogens is 1. The Bertz CT molecular complexity index is 462. The van der Waals surface area contributed by atoms with Crippen molar-refractivity contribution in [2.24, 2.45) is 0 Å². The van der Waals surface area contributed by atoms with E-state index in [1.165, 1.54) is 12.1 Å². The molecule has 1 fully saturated rings. The number of aromatic carboxylic acids is 1. The summed E-state index contributed by atoms with van der Waals surface area (Å²) in [5.41, 5.74) is 0.389. The molecule has 1 saturated heterocycles. The van der Waals surface area contributed by atoms with E-state index in [0.717, 1.165) is 0 Å². The van der Waals surface area contributed by atoms with Gasteiger partial charge in [0.15, 0.2) is 0 Å². The Hall–Kier alpha value is -1.95. The predicted octanol–water partition coefficient (Wildman–Crippen LogP) is 1.29. The van der Waals surface area contributed by atoms with E-state index >= 15 is 0 Å². The van der Waals surface area contributed by atoms with Crippen LogP contribution in [0.5, 0.6) is 5.75 Å². The summed E-state index contributed by atoms with van der Waals surface area (Å²) in [5.74, 6) is -1.52. The predicted molar refractivity (Wildman–Crippen MR) is 59.5 cm³/mol. The van der Waals surface area contributed by atoms with E-state index in [-0.39, 0.29) is 36.4 Å². The van der Waals surface area contributed by atoms with E-state index in [1.807, 2.05) is 0 Å². The smallest absolute Gasteiger partial charge is 0.407 e. The van der Waals surface area contributed by atoms with Gasteiger partial charge < -0.3 is 20.3 Å². The van der Waals surface area contributed by atoms with Crippen molar-refractivity contribution in [3.63, 3.8) is 0 Å². The van der Waals surface area contributed by atoms with Crippen LogP contribution in [0.3, 0.4) is 0 Å². The molecule has 2 rings (SSSR count). The minimum absolute atomic E-state index is 0. The van der Waals surface area contributed by atoms with Crippen molar-refractivity contribution in [3.8, 4) is 5.75 Å². The van der Waals surface area contributed by atoms with Crippen LogP contribution in [0.2, 0.25) is 0 Å². The molecule has 0 saturated carbocycles. The number of carboxylic acids is 1. The lowest BCUT2D eigenvalue weighted by Gasteiger charge is -2.09. The van der Waals surface area contributed by atoms with Crippen LogP contribution < -0.4 is 5.32 Å². The van der Waals surface area contributed by atoms with E-state index < -0.39 is 12.1 Å². The van der Waals surface area contributed by atoms with Crippen molar-refractivity contribution in [2.75, 3.05) is 6.61 Å². The molecule has 0 radical (unpaired) electrons. The molecule has 1 aromatic carbocycles. The molecule has 1 aliphatic heterocycles. The van der Waals surface area contributed by atoms with Crippen LogP contribution in [0.25, 0.3) is 0 Å². The first-order valence-corrected chi connectivity index (χ1v) is 4.57. The van der Waals surface area contributed by atoms with Crippen LogP contribution in [0.1, 0.15) is 22.0 Å². The molecule has 3 N–H and O–H groups in total. The van der Waals surface area contributed by atoms with Crippen molar-refractivity contribution in [1.29, 1.82) is 0 Å². The van der Waals surface area contributed by atoms with Gasteiger partial charge in [0.25, 0.3) is 0 Å². The zero-order valence-electron chi connectivity index (χ0n) is 8.54. The highest BCUT2D eigenvalue weighted by molar-refractivity contribution is 5.91. The van der Waals surface area contributed by atoms with Gasteiger partial charge in [0.1, 0.15) is 17.9 Å². The second-order valence-electron chi connectivity index (χ2n) is 3.38. The maximum absolute atomic E-state index is 10.8. The van der Waals surface area contributed by atoms with Crippen molar-refractivity contribution < 1.29 is 24.5 Å². The lowest BCUT2D eigenvalue weighted by atomic mass is 10.0. The molecule has 0 aromatic heterocycles. The Balaban J connectivity index is 0.00000144. The van der Waals surface area contributed by atoms with Gasteiger partial charge in [-0.1, -0.05) is 6.07 Å². The summed E-state index contributed by atoms with van der Waals surface area (Å²) in [6.07, 6.45) is -0.532. The minimum atomic E-state index is -1.22. The van der Waals surface area contributed by atoms with Crippen LogP contribution in [0.15, 0.2) is 18.2 Å². The number of nitrogens with one attached hydrogen (secondary N) is 1. The molecule has 7 heteroatoms. The standard InChI is InChI=1S/C10H9NO5.ClH/c12-8-2-1-5(3-6(8)9(13)14)7-4-16-10(15)11-7;/h1-3,7,12H,4H2,(H,11,15)(H,13,14);1H/t7-;/m0./s1. The summed E-state index contributed by atoms with van der Waals surface area (Å²) in [4.78, 5) is 21.6. The second-order valence-corrected chi connectivity index (χ2v) is 3.38. The van der Waals surface area contributed by atoms with Gasteiger partial charge in [-0.3, -0.25) is 0 Å². The molecule has 0 bridgehead atoms. The number of benzene rings is 1. The molecule has 1 amide bonds. The third-order valence-electron chi connectivity index (χ3n) is 2.33. The summed E-state index contributed by atoms with van der Waals surface area (Å²) in [7, 11) is 0. The molecule has 1 aliphatic rings. The number of carbonyl (C=O) groups excluding carboxylic acids is 1. The Morgan fingerprint density at radius 3 is 2.71 bits per heavy atom. The third kappa shape index (κ3) is 2.59. The number of ether oxygens (including phenoxy) is 1. The number of carbonyl (C=O) groups is 2. The number of amides is 1. The van der Waals surface area contributed by atoms with E-state index in [2.05, 4.69) is 5.32 Å². The molecule has 0 unspecified atom stereocenters. The number of cyclic esters (lactones) is 1. The summed E-state index contributed by atoms with van der Waals surface area (Å²) in [6, 6.07) is 3.77. The van der Waals surface area contributed by atoms with Crippen LogP contribution in [-0.4, -0.2) is 28.9 Å². The first-order valence-electron chi connectivity index (χ1n) is 4.57. The van der Waals surface area contributed by atoms with Gasteiger partial charge in [-0.25, -0.2) is 9.59 Å². The van der Waals surface area contributed by atoms with Gasteiger partial charge in [-0.15, -0.1) is 12.4 Å². The summed E-state index contributed by atoms with van der Waals surface area (Å²) in [5, 5.41) is 20.6. The average molecular weight is 260 g/mol. The van der Waals surface area contributed by atoms with Gasteiger partial charge >= 0.3 is 12.1 Å². The van der Waals surface area contributed by atoms with Gasteiger partial charge in [0.2, 0.25) is 0 Å². The maximum atomic E-state index is 10.8. The number of alkyl carbamates (subject to hydrolysis) is 1. The molecule has 1 aromatic rings. The minimum Gasteiger partial charge on any atom is -0.507 e. The largest absolute Gasteiger partial charge is 0.507 e. The Morgan fingerprint density at radius 1 is 1.47 bits per heavy atom. The summed E-state index contributed by atoms with van der Waals surface area (Å²) < 4.78 is 4.69. The number of hydrogen-bond acceptors (Lipinski definition) is 4. The fourth-order valence-corrected chi connectivity index (χ4v) is 1.51. The van der Waals surface area contributed by atoms with Gasteiger partial charge in [0, 0.05) is 0 Å². The fourth-order valence-electron chi connectivity index (χ4n) is 1.51. The fraction of sp³-hybridized carbons (Fsp3) is 0.200. The second kappa shape index (κ2) is 4.92. The molecule has 0 aliphatic carbocycles. The summed E-state index contributed by atoms with van der Waals surface area (Å²) >= 11 is 0. The number of aromatic hydroxyl groups is 1. The molecule has 6 nitrogen and oxygen atoms in total. The number of hydrogen-bond donors (Lipinski definition) is 3. The third-order valence-corrected chi connectivity index (χ3v) is 2.33. The number of carboxylic acid groups (broad SMARTS) is 1. The highest BCUT2D eigenvalue weighted by Crippen LogP contribution is 2.24. The van der Waals surface area contributed by atoms with E-state index in [0.29, 0.717) is 5.56 Å². The number of phenols is 1. The van der Waals surface area contributed by atoms with Crippen LogP contribution in [-0.2, 0) is 4.74 Å². The quantitative estimate of drug-likeness (QED) is 0.744. The van der Waals surface area contributed by atoms with Gasteiger partial charge in [0.05, 0.1) is 6.04 Å². The molecule has 0 spiro atoms. The molecule has 92 valence electrons. The lowest BCUT2D eigenvalue weighted by molar-refractivity contribution is 0.0693. The Labute approximate surface area is 103 Å². The normalized spacial score (nSPS) is 17.9. The monoisotopic (exact) mass is 259 g/mol. The first kappa shape index (κ1) is 13.1. The SMILES string of the molecule is Cl.O=C1N[C@H](c2ccc(O)c(C(=O)O)c2)CO1. The van der Waals surface area contributed by atoms with Crippen LogP contribution in [0.4, 0.5) is 4.79 Å². The van der Waals surface area contributed by atoms with Crippen LogP contribution >= 0.6 is 12.4 Å². The average Bonchev–Trinajstić information content (AvgIpc) is 2.65. The topological polar surface area (TPSA) is 95.9 Å².